The minimum absolute atomic E-state index is 0.564. The average Bonchev–Trinajstić information content (AvgIpc) is 2.61. The summed E-state index contributed by atoms with van der Waals surface area (Å²) in [6, 6.07) is 7.94. The normalized spacial score (nSPS) is 19.7. The van der Waals surface area contributed by atoms with Crippen molar-refractivity contribution in [2.24, 2.45) is 5.10 Å². The number of benzene rings is 1. The van der Waals surface area contributed by atoms with Gasteiger partial charge in [0, 0.05) is 12.0 Å². The lowest BCUT2D eigenvalue weighted by atomic mass is 10.0. The van der Waals surface area contributed by atoms with E-state index >= 15 is 0 Å². The first-order valence-electron chi connectivity index (χ1n) is 8.07. The summed E-state index contributed by atoms with van der Waals surface area (Å²) in [5.74, 6) is 0.883. The van der Waals surface area contributed by atoms with E-state index in [1.54, 1.807) is 4.90 Å². The molecule has 1 saturated heterocycles. The van der Waals surface area contributed by atoms with Gasteiger partial charge in [-0.3, -0.25) is 5.43 Å². The Morgan fingerprint density at radius 2 is 2.04 bits per heavy atom. The molecule has 2 aliphatic heterocycles. The van der Waals surface area contributed by atoms with Crippen LogP contribution in [0.3, 0.4) is 0 Å². The topological polar surface area (TPSA) is 59.3 Å². The molecule has 1 aromatic rings. The number of morpholine rings is 1. The molecule has 0 atom stereocenters. The minimum atomic E-state index is 0.564. The number of fused-ring (bicyclic) bond motifs is 1. The zero-order valence-corrected chi connectivity index (χ0v) is 14.0. The highest BCUT2D eigenvalue weighted by Gasteiger charge is 2.16. The molecule has 0 aliphatic carbocycles. The van der Waals surface area contributed by atoms with Crippen molar-refractivity contribution in [1.29, 1.82) is 0 Å². The van der Waals surface area contributed by atoms with Crippen molar-refractivity contribution in [1.82, 2.24) is 10.7 Å². The predicted octanol–water partition coefficient (Wildman–Crippen LogP) is -0.448. The average molecular weight is 335 g/mol. The van der Waals surface area contributed by atoms with Crippen LogP contribution in [0.2, 0.25) is 0 Å². The molecule has 0 saturated carbocycles. The lowest BCUT2D eigenvalue weighted by Crippen LogP contribution is -3.14. The van der Waals surface area contributed by atoms with Crippen LogP contribution >= 0.6 is 12.2 Å². The van der Waals surface area contributed by atoms with Gasteiger partial charge in [-0.15, -0.1) is 0 Å². The van der Waals surface area contributed by atoms with E-state index in [9.17, 15) is 0 Å². The summed E-state index contributed by atoms with van der Waals surface area (Å²) in [6.45, 7) is 6.38. The van der Waals surface area contributed by atoms with E-state index < -0.39 is 0 Å². The summed E-state index contributed by atoms with van der Waals surface area (Å²) in [5, 5.41) is 8.22. The van der Waals surface area contributed by atoms with Crippen LogP contribution in [0.5, 0.6) is 5.75 Å². The number of rotatable bonds is 4. The van der Waals surface area contributed by atoms with Gasteiger partial charge < -0.3 is 19.7 Å². The van der Waals surface area contributed by atoms with Crippen LogP contribution in [-0.2, 0) is 4.74 Å². The number of hydrogen-bond donors (Lipinski definition) is 3. The van der Waals surface area contributed by atoms with Crippen LogP contribution in [-0.4, -0.2) is 56.8 Å². The van der Waals surface area contributed by atoms with Gasteiger partial charge in [0.2, 0.25) is 0 Å². The third kappa shape index (κ3) is 4.63. The number of quaternary nitrogens is 1. The largest absolute Gasteiger partial charge is 0.492 e. The zero-order valence-electron chi connectivity index (χ0n) is 13.1. The molecule has 0 radical (unpaired) electrons. The van der Waals surface area contributed by atoms with Crippen LogP contribution in [0.1, 0.15) is 12.0 Å². The van der Waals surface area contributed by atoms with Gasteiger partial charge in [-0.2, -0.15) is 5.10 Å². The Labute approximate surface area is 141 Å². The van der Waals surface area contributed by atoms with Crippen molar-refractivity contribution in [3.05, 3.63) is 29.8 Å². The van der Waals surface area contributed by atoms with Crippen molar-refractivity contribution < 1.29 is 14.4 Å². The molecule has 1 aromatic carbocycles. The van der Waals surface area contributed by atoms with Gasteiger partial charge in [0.15, 0.2) is 5.11 Å². The highest BCUT2D eigenvalue weighted by Crippen LogP contribution is 2.24. The third-order valence-corrected chi connectivity index (χ3v) is 4.29. The molecule has 7 heteroatoms. The Balaban J connectivity index is 1.45. The molecule has 1 fully saturated rings. The molecule has 124 valence electrons. The highest BCUT2D eigenvalue weighted by molar-refractivity contribution is 7.80. The Morgan fingerprint density at radius 1 is 1.22 bits per heavy atom. The Bertz CT molecular complexity index is 573. The fourth-order valence-corrected chi connectivity index (χ4v) is 2.91. The first kappa shape index (κ1) is 16.2. The fraction of sp³-hybridized carbons (Fsp3) is 0.500. The summed E-state index contributed by atoms with van der Waals surface area (Å²) in [7, 11) is 0. The van der Waals surface area contributed by atoms with Crippen molar-refractivity contribution in [3.8, 4) is 5.75 Å². The van der Waals surface area contributed by atoms with Crippen molar-refractivity contribution in [3.63, 3.8) is 0 Å². The molecular weight excluding hydrogens is 312 g/mol. The van der Waals surface area contributed by atoms with Crippen molar-refractivity contribution >= 4 is 23.0 Å². The molecule has 0 spiro atoms. The van der Waals surface area contributed by atoms with Crippen LogP contribution in [0, 0.1) is 0 Å². The number of thiocarbonyl (C=S) groups is 1. The van der Waals surface area contributed by atoms with Gasteiger partial charge in [0.25, 0.3) is 0 Å². The quantitative estimate of drug-likeness (QED) is 0.514. The molecular formula is C16H23N4O2S+. The molecule has 2 heterocycles. The van der Waals surface area contributed by atoms with Gasteiger partial charge >= 0.3 is 0 Å². The summed E-state index contributed by atoms with van der Waals surface area (Å²) in [6.07, 6.45) is 0.782. The van der Waals surface area contributed by atoms with Gasteiger partial charge in [0.05, 0.1) is 38.6 Å². The van der Waals surface area contributed by atoms with E-state index in [1.807, 2.05) is 24.3 Å². The first-order valence-corrected chi connectivity index (χ1v) is 8.47. The van der Waals surface area contributed by atoms with E-state index in [2.05, 4.69) is 15.8 Å². The Morgan fingerprint density at radius 3 is 2.91 bits per heavy atom. The Hall–Kier alpha value is -1.70. The fourth-order valence-electron chi connectivity index (χ4n) is 2.76. The molecule has 3 N–H and O–H groups in total. The number of nitrogens with zero attached hydrogens (tertiary/aromatic N) is 1. The standard InChI is InChI=1S/C16H22N4O2S/c23-16(17-6-7-20-8-11-21-12-9-20)19-18-14-5-10-22-15-4-2-1-3-13(14)15/h1-4H,5-12H2,(H2,17,19,23)/p+1/b18-14-. The molecule has 0 bridgehead atoms. The summed E-state index contributed by atoms with van der Waals surface area (Å²) in [5.41, 5.74) is 4.97. The number of nitrogens with one attached hydrogen (secondary N) is 3. The van der Waals surface area contributed by atoms with Gasteiger partial charge in [0.1, 0.15) is 18.8 Å². The van der Waals surface area contributed by atoms with Crippen LogP contribution < -0.4 is 20.4 Å². The monoisotopic (exact) mass is 335 g/mol. The summed E-state index contributed by atoms with van der Waals surface area (Å²) in [4.78, 5) is 1.55. The first-order chi connectivity index (χ1) is 11.3. The zero-order chi connectivity index (χ0) is 15.9. The van der Waals surface area contributed by atoms with Crippen molar-refractivity contribution in [2.45, 2.75) is 6.42 Å². The predicted molar refractivity (Wildman–Crippen MR) is 93.2 cm³/mol. The van der Waals surface area contributed by atoms with E-state index in [0.717, 1.165) is 62.8 Å². The molecule has 0 amide bonds. The van der Waals surface area contributed by atoms with E-state index in [1.165, 1.54) is 0 Å². The second-order valence-electron chi connectivity index (χ2n) is 5.63. The van der Waals surface area contributed by atoms with E-state index in [-0.39, 0.29) is 0 Å². The van der Waals surface area contributed by atoms with Gasteiger partial charge in [-0.05, 0) is 24.4 Å². The maximum absolute atomic E-state index is 5.62. The molecule has 6 nitrogen and oxygen atoms in total. The smallest absolute Gasteiger partial charge is 0.187 e. The molecule has 3 rings (SSSR count). The molecule has 0 aromatic heterocycles. The maximum Gasteiger partial charge on any atom is 0.187 e. The second kappa shape index (κ2) is 8.24. The summed E-state index contributed by atoms with van der Waals surface area (Å²) < 4.78 is 11.0. The highest BCUT2D eigenvalue weighted by atomic mass is 32.1. The van der Waals surface area contributed by atoms with E-state index in [4.69, 9.17) is 21.7 Å². The molecule has 0 unspecified atom stereocenters. The van der Waals surface area contributed by atoms with Crippen LogP contribution in [0.15, 0.2) is 29.4 Å². The minimum Gasteiger partial charge on any atom is -0.492 e. The number of hydrazone groups is 1. The number of hydrogen-bond acceptors (Lipinski definition) is 4. The second-order valence-corrected chi connectivity index (χ2v) is 6.04. The lowest BCUT2D eigenvalue weighted by molar-refractivity contribution is -0.906. The van der Waals surface area contributed by atoms with Crippen LogP contribution in [0.4, 0.5) is 0 Å². The maximum atomic E-state index is 5.62. The lowest BCUT2D eigenvalue weighted by Gasteiger charge is -2.23. The SMILES string of the molecule is S=C(NCC[NH+]1CCOCC1)N/N=C1/CCOc2ccccc21. The van der Waals surface area contributed by atoms with Crippen molar-refractivity contribution in [2.75, 3.05) is 46.0 Å². The number of para-hydroxylation sites is 1. The molecule has 23 heavy (non-hydrogen) atoms. The summed E-state index contributed by atoms with van der Waals surface area (Å²) >= 11 is 5.29. The van der Waals surface area contributed by atoms with Crippen LogP contribution in [0.25, 0.3) is 0 Å². The number of ether oxygens (including phenoxy) is 2. The molecule has 2 aliphatic rings. The third-order valence-electron chi connectivity index (χ3n) is 4.05. The Kier molecular flexibility index (Phi) is 5.79. The van der Waals surface area contributed by atoms with Gasteiger partial charge in [-0.25, -0.2) is 0 Å². The van der Waals surface area contributed by atoms with E-state index in [0.29, 0.717) is 11.7 Å². The van der Waals surface area contributed by atoms with Gasteiger partial charge in [-0.1, -0.05) is 12.1 Å².